The zero-order valence-electron chi connectivity index (χ0n) is 16.2. The average Bonchev–Trinajstić information content (AvgIpc) is 3.36. The number of aliphatic hydroxyl groups is 1. The third-order valence-corrected chi connectivity index (χ3v) is 5.48. The van der Waals surface area contributed by atoms with E-state index in [4.69, 9.17) is 14.8 Å². The maximum Gasteiger partial charge on any atom is 0.277 e. The molecule has 2 aromatic carbocycles. The summed E-state index contributed by atoms with van der Waals surface area (Å²) in [6.45, 7) is -0.292. The Bertz CT molecular complexity index is 1140. The van der Waals surface area contributed by atoms with Gasteiger partial charge in [0.1, 0.15) is 16.5 Å². The first-order chi connectivity index (χ1) is 14.6. The zero-order valence-corrected chi connectivity index (χ0v) is 17.0. The molecule has 0 radical (unpaired) electrons. The number of rotatable bonds is 7. The van der Waals surface area contributed by atoms with Crippen molar-refractivity contribution in [3.8, 4) is 27.6 Å². The van der Waals surface area contributed by atoms with Crippen molar-refractivity contribution in [2.24, 2.45) is 0 Å². The quantitative estimate of drug-likeness (QED) is 0.570. The Kier molecular flexibility index (Phi) is 5.60. The summed E-state index contributed by atoms with van der Waals surface area (Å²) in [5.74, 6) is -0.114. The second kappa shape index (κ2) is 8.48. The highest BCUT2D eigenvalue weighted by Gasteiger charge is 2.30. The zero-order chi connectivity index (χ0) is 21.1. The Hall–Kier alpha value is -3.49. The summed E-state index contributed by atoms with van der Waals surface area (Å²) >= 11 is 1.52. The van der Waals surface area contributed by atoms with E-state index >= 15 is 0 Å². The fourth-order valence-corrected chi connectivity index (χ4v) is 3.94. The average molecular weight is 421 g/mol. The van der Waals surface area contributed by atoms with Gasteiger partial charge in [0, 0.05) is 28.3 Å². The molecule has 2 heterocycles. The molecule has 0 aliphatic carbocycles. The van der Waals surface area contributed by atoms with Crippen LogP contribution in [0.25, 0.3) is 21.8 Å². The molecule has 0 spiro atoms. The third kappa shape index (κ3) is 3.96. The highest BCUT2D eigenvalue weighted by atomic mass is 32.1. The number of carbonyl (C=O) groups is 2. The van der Waals surface area contributed by atoms with Gasteiger partial charge in [-0.2, -0.15) is 0 Å². The predicted octanol–water partition coefficient (Wildman–Crippen LogP) is 3.14. The van der Waals surface area contributed by atoms with Crippen LogP contribution in [-0.4, -0.2) is 47.1 Å². The summed E-state index contributed by atoms with van der Waals surface area (Å²) in [4.78, 5) is 30.0. The highest BCUT2D eigenvalue weighted by Crippen LogP contribution is 2.31. The van der Waals surface area contributed by atoms with E-state index in [0.717, 1.165) is 32.5 Å². The second-order valence-electron chi connectivity index (χ2n) is 6.55. The van der Waals surface area contributed by atoms with E-state index in [1.807, 2.05) is 53.9 Å². The molecule has 1 aromatic heterocycles. The first kappa shape index (κ1) is 19.8. The number of thiazole rings is 1. The smallest absolute Gasteiger partial charge is 0.277 e. The van der Waals surface area contributed by atoms with Crippen molar-refractivity contribution in [3.63, 3.8) is 0 Å². The van der Waals surface area contributed by atoms with Gasteiger partial charge in [-0.1, -0.05) is 24.3 Å². The van der Waals surface area contributed by atoms with Gasteiger partial charge in [0.05, 0.1) is 26.0 Å². The topological polar surface area (TPSA) is 91.8 Å². The molecular weight excluding hydrogens is 402 g/mol. The number of amides is 2. The van der Waals surface area contributed by atoms with Crippen LogP contribution in [0.3, 0.4) is 0 Å². The van der Waals surface area contributed by atoms with Crippen molar-refractivity contribution in [2.45, 2.75) is 0 Å². The first-order valence-corrected chi connectivity index (χ1v) is 10.1. The van der Waals surface area contributed by atoms with Gasteiger partial charge in [0.15, 0.2) is 0 Å². The van der Waals surface area contributed by atoms with Gasteiger partial charge in [-0.25, -0.2) is 4.98 Å². The van der Waals surface area contributed by atoms with Gasteiger partial charge < -0.3 is 15.2 Å². The van der Waals surface area contributed by atoms with Gasteiger partial charge in [0.2, 0.25) is 0 Å². The lowest BCUT2D eigenvalue weighted by atomic mass is 10.1. The summed E-state index contributed by atoms with van der Waals surface area (Å²) in [6.07, 6.45) is 1.24. The van der Waals surface area contributed by atoms with Crippen LogP contribution < -0.4 is 10.1 Å². The van der Waals surface area contributed by atoms with Gasteiger partial charge in [0.25, 0.3) is 11.8 Å². The van der Waals surface area contributed by atoms with Crippen LogP contribution in [0.4, 0.5) is 5.69 Å². The van der Waals surface area contributed by atoms with Gasteiger partial charge in [-0.05, 0) is 24.3 Å². The summed E-state index contributed by atoms with van der Waals surface area (Å²) in [6, 6.07) is 15.2. The monoisotopic (exact) mass is 421 g/mol. The largest absolute Gasteiger partial charge is 0.497 e. The number of methoxy groups -OCH3 is 1. The summed E-state index contributed by atoms with van der Waals surface area (Å²) in [5.41, 5.74) is 3.57. The number of hydrogen-bond donors (Lipinski definition) is 2. The van der Waals surface area contributed by atoms with E-state index in [1.54, 1.807) is 7.11 Å². The fraction of sp³-hybridized carbons (Fsp3) is 0.136. The number of ether oxygens (including phenoxy) is 1. The number of benzene rings is 2. The van der Waals surface area contributed by atoms with E-state index in [-0.39, 0.29) is 18.8 Å². The lowest BCUT2D eigenvalue weighted by Gasteiger charge is -2.13. The van der Waals surface area contributed by atoms with Crippen molar-refractivity contribution < 1.29 is 19.4 Å². The maximum atomic E-state index is 12.3. The molecule has 0 saturated heterocycles. The SMILES string of the molecule is COc1cccc(-c2csc(-c3cccc(NC4=CC(=O)N(CCO)C4=O)c3)n2)c1. The second-order valence-corrected chi connectivity index (χ2v) is 7.41. The Balaban J connectivity index is 1.55. The van der Waals surface area contributed by atoms with E-state index in [2.05, 4.69) is 5.32 Å². The normalized spacial score (nSPS) is 13.5. The highest BCUT2D eigenvalue weighted by molar-refractivity contribution is 7.13. The minimum Gasteiger partial charge on any atom is -0.497 e. The molecule has 30 heavy (non-hydrogen) atoms. The molecule has 3 aromatic rings. The molecule has 2 amide bonds. The molecule has 2 N–H and O–H groups in total. The molecule has 4 rings (SSSR count). The molecule has 152 valence electrons. The van der Waals surface area contributed by atoms with Gasteiger partial charge in [-0.15, -0.1) is 11.3 Å². The molecule has 0 unspecified atom stereocenters. The Labute approximate surface area is 177 Å². The number of imide groups is 1. The first-order valence-electron chi connectivity index (χ1n) is 9.25. The number of β-amino-alcohol motifs (C(OH)–C–C–N with tert-alkyl or cyclic N) is 1. The van der Waals surface area contributed by atoms with Crippen molar-refractivity contribution in [3.05, 3.63) is 65.7 Å². The van der Waals surface area contributed by atoms with Crippen molar-refractivity contribution in [1.82, 2.24) is 9.88 Å². The molecule has 0 bridgehead atoms. The number of nitrogens with one attached hydrogen (secondary N) is 1. The van der Waals surface area contributed by atoms with Crippen molar-refractivity contribution in [1.29, 1.82) is 0 Å². The van der Waals surface area contributed by atoms with E-state index in [1.165, 1.54) is 17.4 Å². The van der Waals surface area contributed by atoms with Crippen LogP contribution in [0.2, 0.25) is 0 Å². The van der Waals surface area contributed by atoms with Crippen LogP contribution in [0, 0.1) is 0 Å². The van der Waals surface area contributed by atoms with E-state index < -0.39 is 11.8 Å². The molecule has 8 heteroatoms. The van der Waals surface area contributed by atoms with Crippen LogP contribution in [0.1, 0.15) is 0 Å². The van der Waals surface area contributed by atoms with Crippen molar-refractivity contribution >= 4 is 28.8 Å². The van der Waals surface area contributed by atoms with Crippen LogP contribution in [0.15, 0.2) is 65.7 Å². The Morgan fingerprint density at radius 1 is 1.13 bits per heavy atom. The number of hydrogen-bond acceptors (Lipinski definition) is 7. The number of aliphatic hydroxyl groups excluding tert-OH is 1. The lowest BCUT2D eigenvalue weighted by Crippen LogP contribution is -2.34. The number of anilines is 1. The molecule has 1 aliphatic heterocycles. The van der Waals surface area contributed by atoms with E-state index in [0.29, 0.717) is 5.69 Å². The fourth-order valence-electron chi connectivity index (χ4n) is 3.12. The Morgan fingerprint density at radius 3 is 2.73 bits per heavy atom. The van der Waals surface area contributed by atoms with Gasteiger partial charge >= 0.3 is 0 Å². The van der Waals surface area contributed by atoms with Gasteiger partial charge in [-0.3, -0.25) is 14.5 Å². The lowest BCUT2D eigenvalue weighted by molar-refractivity contribution is -0.137. The molecule has 0 fully saturated rings. The minimum absolute atomic E-state index is 0.0223. The third-order valence-electron chi connectivity index (χ3n) is 4.59. The minimum atomic E-state index is -0.450. The van der Waals surface area contributed by atoms with Crippen molar-refractivity contribution in [2.75, 3.05) is 25.6 Å². The molecule has 0 atom stereocenters. The standard InChI is InChI=1S/C22H19N3O4S/c1-29-17-7-3-4-14(11-17)19-13-30-21(24-19)15-5-2-6-16(10-15)23-18-12-20(27)25(8-9-26)22(18)28/h2-7,10-13,23,26H,8-9H2,1H3. The summed E-state index contributed by atoms with van der Waals surface area (Å²) in [7, 11) is 1.63. The molecule has 0 saturated carbocycles. The van der Waals surface area contributed by atoms with E-state index in [9.17, 15) is 9.59 Å². The summed E-state index contributed by atoms with van der Waals surface area (Å²) < 4.78 is 5.28. The van der Waals surface area contributed by atoms with Crippen LogP contribution in [-0.2, 0) is 9.59 Å². The predicted molar refractivity (Wildman–Crippen MR) is 115 cm³/mol. The maximum absolute atomic E-state index is 12.3. The molecular formula is C22H19N3O4S. The number of aromatic nitrogens is 1. The number of carbonyl (C=O) groups excluding carboxylic acids is 2. The summed E-state index contributed by atoms with van der Waals surface area (Å²) in [5, 5.41) is 14.8. The number of nitrogens with zero attached hydrogens (tertiary/aromatic N) is 2. The Morgan fingerprint density at radius 2 is 1.93 bits per heavy atom. The van der Waals surface area contributed by atoms with Crippen LogP contribution in [0.5, 0.6) is 5.75 Å². The molecule has 1 aliphatic rings. The van der Waals surface area contributed by atoms with Crippen LogP contribution >= 0.6 is 11.3 Å². The molecule has 7 nitrogen and oxygen atoms in total.